The third kappa shape index (κ3) is 7.01. The molecule has 0 aromatic heterocycles. The number of halogens is 4. The average Bonchev–Trinajstić information content (AvgIpc) is 2.44. The Morgan fingerprint density at radius 3 is 2.36 bits per heavy atom. The summed E-state index contributed by atoms with van der Waals surface area (Å²) in [6.45, 7) is 0.314. The number of likely N-dealkylation sites (tertiary alicyclic amines) is 1. The first-order chi connectivity index (χ1) is 11.0. The Bertz CT molecular complexity index is 662. The third-order valence-electron chi connectivity index (χ3n) is 4.08. The van der Waals surface area contributed by atoms with E-state index in [1.165, 1.54) is 0 Å². The lowest BCUT2D eigenvalue weighted by Crippen LogP contribution is -2.49. The van der Waals surface area contributed by atoms with E-state index in [4.69, 9.17) is 5.73 Å². The summed E-state index contributed by atoms with van der Waals surface area (Å²) in [7, 11) is -3.90. The lowest BCUT2D eigenvalue weighted by molar-refractivity contribution is -0.140. The molecule has 1 saturated heterocycles. The Kier molecular flexibility index (Phi) is 7.54. The molecule has 144 valence electrons. The van der Waals surface area contributed by atoms with Gasteiger partial charge in [-0.05, 0) is 30.5 Å². The van der Waals surface area contributed by atoms with Crippen molar-refractivity contribution in [3.05, 3.63) is 29.8 Å². The van der Waals surface area contributed by atoms with E-state index in [0.717, 1.165) is 11.8 Å². The number of rotatable bonds is 5. The van der Waals surface area contributed by atoms with Gasteiger partial charge in [-0.1, -0.05) is 12.1 Å². The van der Waals surface area contributed by atoms with Crippen LogP contribution >= 0.6 is 12.4 Å². The van der Waals surface area contributed by atoms with Crippen LogP contribution < -0.4 is 5.73 Å². The van der Waals surface area contributed by atoms with Gasteiger partial charge in [-0.15, -0.1) is 12.4 Å². The summed E-state index contributed by atoms with van der Waals surface area (Å²) >= 11 is 0. The summed E-state index contributed by atoms with van der Waals surface area (Å²) in [5.74, 6) is 0. The van der Waals surface area contributed by atoms with Crippen molar-refractivity contribution in [2.24, 2.45) is 0 Å². The molecule has 0 spiro atoms. The minimum Gasteiger partial charge on any atom is -0.399 e. The number of piperidine rings is 1. The second-order valence-electron chi connectivity index (χ2n) is 6.18. The van der Waals surface area contributed by atoms with Crippen molar-refractivity contribution in [3.8, 4) is 0 Å². The zero-order valence-corrected chi connectivity index (χ0v) is 15.5. The number of nitrogen functional groups attached to an aromatic ring is 1. The second kappa shape index (κ2) is 8.57. The molecule has 1 fully saturated rings. The molecule has 25 heavy (non-hydrogen) atoms. The molecule has 0 bridgehead atoms. The van der Waals surface area contributed by atoms with Gasteiger partial charge >= 0.3 is 6.18 Å². The standard InChI is InChI=1S/C15H22F3N3O2S.ClH/c1-24(22,23)21(11-15(16,17)18)14-5-7-20(8-6-14)10-12-3-2-4-13(19)9-12;/h2-4,9,14H,5-8,10-11,19H2,1H3;1H. The Hall–Kier alpha value is -1.03. The molecule has 0 atom stereocenters. The molecule has 0 unspecified atom stereocenters. The van der Waals surface area contributed by atoms with Gasteiger partial charge in [0.05, 0.1) is 6.26 Å². The zero-order chi connectivity index (χ0) is 18.0. The number of nitrogens with zero attached hydrogens (tertiary/aromatic N) is 2. The Labute approximate surface area is 152 Å². The molecule has 1 aliphatic heterocycles. The van der Waals surface area contributed by atoms with Crippen LogP contribution in [0.25, 0.3) is 0 Å². The predicted octanol–water partition coefficient (Wildman–Crippen LogP) is 2.48. The van der Waals surface area contributed by atoms with Gasteiger partial charge in [0.15, 0.2) is 0 Å². The molecule has 2 rings (SSSR count). The fourth-order valence-electron chi connectivity index (χ4n) is 3.01. The van der Waals surface area contributed by atoms with Crippen molar-refractivity contribution in [1.29, 1.82) is 0 Å². The summed E-state index contributed by atoms with van der Waals surface area (Å²) in [6, 6.07) is 6.83. The maximum Gasteiger partial charge on any atom is 0.402 e. The predicted molar refractivity (Wildman–Crippen MR) is 94.0 cm³/mol. The van der Waals surface area contributed by atoms with Gasteiger partial charge < -0.3 is 5.73 Å². The molecule has 1 aromatic carbocycles. The van der Waals surface area contributed by atoms with E-state index >= 15 is 0 Å². The average molecular weight is 402 g/mol. The quantitative estimate of drug-likeness (QED) is 0.770. The normalized spacial score (nSPS) is 17.5. The maximum atomic E-state index is 12.7. The summed E-state index contributed by atoms with van der Waals surface area (Å²) in [4.78, 5) is 2.10. The smallest absolute Gasteiger partial charge is 0.399 e. The molecule has 10 heteroatoms. The van der Waals surface area contributed by atoms with Crippen molar-refractivity contribution in [3.63, 3.8) is 0 Å². The number of nitrogens with two attached hydrogens (primary N) is 1. The van der Waals surface area contributed by atoms with Crippen LogP contribution in [0.2, 0.25) is 0 Å². The highest BCUT2D eigenvalue weighted by atomic mass is 35.5. The Balaban J connectivity index is 0.00000312. The van der Waals surface area contributed by atoms with Crippen LogP contribution in [0.1, 0.15) is 18.4 Å². The SMILES string of the molecule is CS(=O)(=O)N(CC(F)(F)F)C1CCN(Cc2cccc(N)c2)CC1.Cl. The molecule has 0 radical (unpaired) electrons. The minimum atomic E-state index is -4.54. The fourth-order valence-corrected chi connectivity index (χ4v) is 4.14. The van der Waals surface area contributed by atoms with Gasteiger partial charge in [-0.2, -0.15) is 17.5 Å². The molecular weight excluding hydrogens is 379 g/mol. The first kappa shape index (κ1) is 22.0. The highest BCUT2D eigenvalue weighted by molar-refractivity contribution is 7.88. The number of benzene rings is 1. The number of hydrogen-bond donors (Lipinski definition) is 1. The Morgan fingerprint density at radius 2 is 1.88 bits per heavy atom. The minimum absolute atomic E-state index is 0. The Morgan fingerprint density at radius 1 is 1.28 bits per heavy atom. The summed E-state index contributed by atoms with van der Waals surface area (Å²) < 4.78 is 62.0. The topological polar surface area (TPSA) is 66.6 Å². The lowest BCUT2D eigenvalue weighted by atomic mass is 10.0. The van der Waals surface area contributed by atoms with Crippen LogP contribution in [-0.2, 0) is 16.6 Å². The molecule has 0 amide bonds. The van der Waals surface area contributed by atoms with Gasteiger partial charge in [-0.3, -0.25) is 4.90 Å². The molecule has 2 N–H and O–H groups in total. The summed E-state index contributed by atoms with van der Waals surface area (Å²) in [5, 5.41) is 0. The molecule has 1 aliphatic rings. The fraction of sp³-hybridized carbons (Fsp3) is 0.600. The summed E-state index contributed by atoms with van der Waals surface area (Å²) in [6.07, 6.45) is -2.95. The van der Waals surface area contributed by atoms with Crippen molar-refractivity contribution in [1.82, 2.24) is 9.21 Å². The van der Waals surface area contributed by atoms with Crippen molar-refractivity contribution >= 4 is 28.1 Å². The highest BCUT2D eigenvalue weighted by Gasteiger charge is 2.39. The maximum absolute atomic E-state index is 12.7. The first-order valence-electron chi connectivity index (χ1n) is 7.65. The van der Waals surface area contributed by atoms with E-state index in [0.29, 0.717) is 42.5 Å². The largest absolute Gasteiger partial charge is 0.402 e. The molecule has 1 aromatic rings. The highest BCUT2D eigenvalue weighted by Crippen LogP contribution is 2.25. The van der Waals surface area contributed by atoms with E-state index in [9.17, 15) is 21.6 Å². The lowest BCUT2D eigenvalue weighted by Gasteiger charge is -2.37. The summed E-state index contributed by atoms with van der Waals surface area (Å²) in [5.41, 5.74) is 7.43. The van der Waals surface area contributed by atoms with Gasteiger partial charge in [-0.25, -0.2) is 8.42 Å². The van der Waals surface area contributed by atoms with Gasteiger partial charge in [0.1, 0.15) is 6.54 Å². The van der Waals surface area contributed by atoms with Crippen LogP contribution in [0.15, 0.2) is 24.3 Å². The van der Waals surface area contributed by atoms with Gasteiger partial charge in [0.2, 0.25) is 10.0 Å². The monoisotopic (exact) mass is 401 g/mol. The van der Waals surface area contributed by atoms with E-state index in [1.807, 2.05) is 18.2 Å². The van der Waals surface area contributed by atoms with Gasteiger partial charge in [0, 0.05) is 31.4 Å². The molecular formula is C15H23ClF3N3O2S. The van der Waals surface area contributed by atoms with E-state index in [-0.39, 0.29) is 12.4 Å². The molecule has 0 aliphatic carbocycles. The number of alkyl halides is 3. The van der Waals surface area contributed by atoms with Crippen molar-refractivity contribution in [2.75, 3.05) is 31.6 Å². The van der Waals surface area contributed by atoms with E-state index in [2.05, 4.69) is 4.90 Å². The van der Waals surface area contributed by atoms with Crippen molar-refractivity contribution in [2.45, 2.75) is 31.6 Å². The van der Waals surface area contributed by atoms with Crippen LogP contribution in [0, 0.1) is 0 Å². The van der Waals surface area contributed by atoms with E-state index < -0.39 is 28.8 Å². The molecule has 1 heterocycles. The van der Waals surface area contributed by atoms with Crippen LogP contribution in [0.3, 0.4) is 0 Å². The van der Waals surface area contributed by atoms with Gasteiger partial charge in [0.25, 0.3) is 0 Å². The molecule has 0 saturated carbocycles. The van der Waals surface area contributed by atoms with Crippen LogP contribution in [-0.4, -0.2) is 55.7 Å². The van der Waals surface area contributed by atoms with Crippen LogP contribution in [0.4, 0.5) is 18.9 Å². The second-order valence-corrected chi connectivity index (χ2v) is 8.11. The third-order valence-corrected chi connectivity index (χ3v) is 5.36. The zero-order valence-electron chi connectivity index (χ0n) is 13.9. The van der Waals surface area contributed by atoms with Crippen LogP contribution in [0.5, 0.6) is 0 Å². The number of anilines is 1. The van der Waals surface area contributed by atoms with Crippen molar-refractivity contribution < 1.29 is 21.6 Å². The first-order valence-corrected chi connectivity index (χ1v) is 9.50. The van der Waals surface area contributed by atoms with E-state index in [1.54, 1.807) is 6.07 Å². The molecule has 5 nitrogen and oxygen atoms in total. The number of sulfonamides is 1. The number of hydrogen-bond acceptors (Lipinski definition) is 4.